The predicted octanol–water partition coefficient (Wildman–Crippen LogP) is -0.414. The smallest absolute Gasteiger partial charge is 0.440 e. The van der Waals surface area contributed by atoms with Gasteiger partial charge in [0, 0.05) is 20.0 Å². The number of hydrogen-bond acceptors (Lipinski definition) is 4. The van der Waals surface area contributed by atoms with E-state index >= 15 is 0 Å². The molecule has 3 heterocycles. The zero-order valence-electron chi connectivity index (χ0n) is 12.3. The van der Waals surface area contributed by atoms with E-state index in [1.807, 2.05) is 32.3 Å². The molecule has 7 nitrogen and oxygen atoms in total. The topological polar surface area (TPSA) is 79.6 Å². The molecule has 0 fully saturated rings. The summed E-state index contributed by atoms with van der Waals surface area (Å²) in [7, 11) is 3.01. The first-order valence-electron chi connectivity index (χ1n) is 6.49. The van der Waals surface area contributed by atoms with Crippen LogP contribution in [0.1, 0.15) is 11.1 Å². The molecule has 0 saturated heterocycles. The van der Waals surface area contributed by atoms with Crippen molar-refractivity contribution in [3.8, 4) is 23.3 Å². The van der Waals surface area contributed by atoms with Gasteiger partial charge in [-0.2, -0.15) is 0 Å². The van der Waals surface area contributed by atoms with E-state index in [0.717, 1.165) is 15.7 Å². The van der Waals surface area contributed by atoms with Gasteiger partial charge in [-0.15, -0.1) is 0 Å². The van der Waals surface area contributed by atoms with Crippen LogP contribution in [-0.4, -0.2) is 19.1 Å². The van der Waals surface area contributed by atoms with Gasteiger partial charge in [0.15, 0.2) is 0 Å². The molecule has 0 aliphatic carbocycles. The monoisotopic (exact) mass is 285 g/mol. The van der Waals surface area contributed by atoms with Crippen LogP contribution in [0.3, 0.4) is 0 Å². The zero-order chi connectivity index (χ0) is 15.3. The average molecular weight is 285 g/mol. The van der Waals surface area contributed by atoms with Crippen LogP contribution < -0.4 is 15.4 Å². The molecule has 3 rings (SSSR count). The molecule has 0 radical (unpaired) electrons. The molecule has 0 spiro atoms. The highest BCUT2D eigenvalue weighted by Gasteiger charge is 2.27. The van der Waals surface area contributed by atoms with Gasteiger partial charge >= 0.3 is 11.6 Å². The molecule has 21 heavy (non-hydrogen) atoms. The summed E-state index contributed by atoms with van der Waals surface area (Å²) >= 11 is 0. The summed E-state index contributed by atoms with van der Waals surface area (Å²) in [6.07, 6.45) is 3.76. The van der Waals surface area contributed by atoms with Crippen molar-refractivity contribution in [3.63, 3.8) is 0 Å². The molecule has 0 atom stereocenters. The van der Waals surface area contributed by atoms with Gasteiger partial charge in [-0.05, 0) is 30.0 Å². The van der Waals surface area contributed by atoms with E-state index in [-0.39, 0.29) is 5.69 Å². The normalized spacial score (nSPS) is 11.2. The molecule has 0 N–H and O–H groups in total. The maximum atomic E-state index is 12.1. The Morgan fingerprint density at radius 2 is 1.71 bits per heavy atom. The molecule has 2 aliphatic heterocycles. The predicted molar refractivity (Wildman–Crippen MR) is 73.3 cm³/mol. The summed E-state index contributed by atoms with van der Waals surface area (Å²) in [4.78, 5) is 20.5. The molecule has 0 aromatic carbocycles. The average Bonchev–Trinajstić information content (AvgIpc) is 2.87. The van der Waals surface area contributed by atoms with Crippen LogP contribution in [0.4, 0.5) is 0 Å². The minimum Gasteiger partial charge on any atom is -0.857 e. The summed E-state index contributed by atoms with van der Waals surface area (Å²) in [5.74, 6) is 0.247. The highest BCUT2D eigenvalue weighted by atomic mass is 16.3. The van der Waals surface area contributed by atoms with Gasteiger partial charge in [-0.1, -0.05) is 11.1 Å². The third kappa shape index (κ3) is 1.97. The molecule has 1 aromatic heterocycles. The van der Waals surface area contributed by atoms with Crippen LogP contribution in [0.2, 0.25) is 0 Å². The second kappa shape index (κ2) is 4.41. The lowest BCUT2D eigenvalue weighted by Crippen LogP contribution is -2.32. The van der Waals surface area contributed by atoms with Crippen molar-refractivity contribution in [2.45, 2.75) is 13.8 Å². The van der Waals surface area contributed by atoms with Gasteiger partial charge in [0.2, 0.25) is 5.69 Å². The van der Waals surface area contributed by atoms with E-state index < -0.39 is 11.6 Å². The van der Waals surface area contributed by atoms with Crippen LogP contribution in [0.5, 0.6) is 5.88 Å². The van der Waals surface area contributed by atoms with Crippen molar-refractivity contribution in [1.29, 1.82) is 0 Å². The number of nitrogens with zero attached hydrogens (tertiary/aromatic N) is 5. The summed E-state index contributed by atoms with van der Waals surface area (Å²) in [5, 5.41) is 12.1. The number of hydrogen-bond donors (Lipinski definition) is 0. The van der Waals surface area contributed by atoms with Crippen molar-refractivity contribution >= 4 is 0 Å². The largest absolute Gasteiger partial charge is 0.857 e. The van der Waals surface area contributed by atoms with Crippen LogP contribution >= 0.6 is 0 Å². The molecule has 2 aliphatic rings. The van der Waals surface area contributed by atoms with Crippen molar-refractivity contribution in [1.82, 2.24) is 19.1 Å². The number of aryl methyl sites for hydroxylation is 2. The van der Waals surface area contributed by atoms with E-state index in [0.29, 0.717) is 11.8 Å². The molecular weight excluding hydrogens is 270 g/mol. The summed E-state index contributed by atoms with van der Waals surface area (Å²) in [6.45, 7) is 3.95. The lowest BCUT2D eigenvalue weighted by atomic mass is 10.2. The Labute approximate surface area is 121 Å². The fraction of sp³-hybridized carbons (Fsp3) is 0.286. The Morgan fingerprint density at radius 1 is 1.10 bits per heavy atom. The van der Waals surface area contributed by atoms with Gasteiger partial charge in [0.1, 0.15) is 0 Å². The quantitative estimate of drug-likeness (QED) is 0.569. The highest BCUT2D eigenvalue weighted by molar-refractivity contribution is 5.58. The van der Waals surface area contributed by atoms with Gasteiger partial charge in [0.25, 0.3) is 5.82 Å². The van der Waals surface area contributed by atoms with E-state index in [9.17, 15) is 9.90 Å². The molecule has 7 heteroatoms. The lowest BCUT2D eigenvalue weighted by Gasteiger charge is -2.14. The lowest BCUT2D eigenvalue weighted by molar-refractivity contribution is -0.603. The number of fused-ring (bicyclic) bond motifs is 1. The van der Waals surface area contributed by atoms with Crippen LogP contribution in [0, 0.1) is 13.8 Å². The van der Waals surface area contributed by atoms with E-state index in [1.165, 1.54) is 11.6 Å². The van der Waals surface area contributed by atoms with E-state index in [2.05, 4.69) is 9.97 Å². The summed E-state index contributed by atoms with van der Waals surface area (Å²) in [6, 6.07) is 2.04. The van der Waals surface area contributed by atoms with Crippen molar-refractivity contribution in [2.75, 3.05) is 0 Å². The number of rotatable bonds is 1. The molecule has 0 amide bonds. The molecule has 0 saturated carbocycles. The molecule has 1 aromatic rings. The fourth-order valence-electron chi connectivity index (χ4n) is 2.40. The Kier molecular flexibility index (Phi) is 2.79. The van der Waals surface area contributed by atoms with Gasteiger partial charge < -0.3 is 9.67 Å². The van der Waals surface area contributed by atoms with Crippen LogP contribution in [0.15, 0.2) is 23.3 Å². The summed E-state index contributed by atoms with van der Waals surface area (Å²) in [5.41, 5.74) is 1.90. The Morgan fingerprint density at radius 3 is 2.33 bits per heavy atom. The second-order valence-corrected chi connectivity index (χ2v) is 5.20. The van der Waals surface area contributed by atoms with Gasteiger partial charge in [0.05, 0.1) is 12.4 Å². The van der Waals surface area contributed by atoms with E-state index in [1.54, 1.807) is 11.6 Å². The Hall–Kier alpha value is -2.70. The number of pyridine rings is 1. The van der Waals surface area contributed by atoms with Crippen molar-refractivity contribution in [3.05, 3.63) is 40.1 Å². The second-order valence-electron chi connectivity index (χ2n) is 5.20. The molecular formula is C14H15N5O2. The highest BCUT2D eigenvalue weighted by Crippen LogP contribution is 2.23. The van der Waals surface area contributed by atoms with Crippen molar-refractivity contribution in [2.24, 2.45) is 14.1 Å². The number of aromatic nitrogens is 5. The first-order chi connectivity index (χ1) is 9.88. The standard InChI is InChI=1S/C14H15N5O2/c1-8-5-9(2)7-19(6-8)13-15-10-11(16-13)17(3)14(21)18(4)12(10)20/h5-7H,1-4H3. The minimum absolute atomic E-state index is 0.196. The third-order valence-corrected chi connectivity index (χ3v) is 3.40. The Bertz CT molecular complexity index is 858. The third-order valence-electron chi connectivity index (χ3n) is 3.40. The van der Waals surface area contributed by atoms with E-state index in [4.69, 9.17) is 0 Å². The zero-order valence-corrected chi connectivity index (χ0v) is 12.3. The first kappa shape index (κ1) is 13.3. The molecule has 0 bridgehead atoms. The van der Waals surface area contributed by atoms with Crippen molar-refractivity contribution < 1.29 is 9.67 Å². The molecule has 108 valence electrons. The summed E-state index contributed by atoms with van der Waals surface area (Å²) < 4.78 is 4.12. The number of imidazole rings is 1. The fourth-order valence-corrected chi connectivity index (χ4v) is 2.40. The minimum atomic E-state index is -0.433. The van der Waals surface area contributed by atoms with Crippen LogP contribution in [0.25, 0.3) is 17.5 Å². The Balaban J connectivity index is 2.32. The van der Waals surface area contributed by atoms with Crippen LogP contribution in [-0.2, 0) is 14.1 Å². The SMILES string of the molecule is Cc1cc(C)c[n+](-c2nc3c([O-])n(C)c(=O)n(C)c-3n2)c1. The molecule has 0 unspecified atom stereocenters. The van der Waals surface area contributed by atoms with Gasteiger partial charge in [-0.25, -0.2) is 9.36 Å². The maximum Gasteiger partial charge on any atom is 0.440 e. The van der Waals surface area contributed by atoms with Gasteiger partial charge in [-0.3, -0.25) is 4.57 Å². The first-order valence-corrected chi connectivity index (χ1v) is 6.49. The maximum absolute atomic E-state index is 12.1.